The molecule has 0 fully saturated rings. The SMILES string of the molecule is C[C@H](NCc1cc(Br)ccc1Cl)C(N)=O. The number of nitrogens with one attached hydrogen (secondary N) is 1. The molecular formula is C10H12BrClN2O. The highest BCUT2D eigenvalue weighted by Gasteiger charge is 2.08. The molecule has 0 aliphatic heterocycles. The molecule has 0 aliphatic rings. The molecular weight excluding hydrogens is 279 g/mol. The van der Waals surface area contributed by atoms with Gasteiger partial charge in [-0.25, -0.2) is 0 Å². The number of carbonyl (C=O) groups is 1. The molecule has 0 unspecified atom stereocenters. The molecule has 1 atom stereocenters. The van der Waals surface area contributed by atoms with E-state index < -0.39 is 0 Å². The van der Waals surface area contributed by atoms with Crippen molar-refractivity contribution in [1.29, 1.82) is 0 Å². The van der Waals surface area contributed by atoms with Crippen LogP contribution in [0.5, 0.6) is 0 Å². The van der Waals surface area contributed by atoms with Crippen molar-refractivity contribution >= 4 is 33.4 Å². The fourth-order valence-corrected chi connectivity index (χ4v) is 1.64. The molecule has 1 rings (SSSR count). The van der Waals surface area contributed by atoms with Crippen LogP contribution in [0.4, 0.5) is 0 Å². The van der Waals surface area contributed by atoms with Gasteiger partial charge in [0.1, 0.15) is 0 Å². The number of amides is 1. The van der Waals surface area contributed by atoms with Crippen molar-refractivity contribution in [1.82, 2.24) is 5.32 Å². The molecule has 5 heteroatoms. The highest BCUT2D eigenvalue weighted by Crippen LogP contribution is 2.20. The Labute approximate surface area is 102 Å². The lowest BCUT2D eigenvalue weighted by molar-refractivity contribution is -0.119. The minimum atomic E-state index is -0.374. The van der Waals surface area contributed by atoms with E-state index in [0.717, 1.165) is 10.0 Å². The largest absolute Gasteiger partial charge is 0.368 e. The molecule has 0 saturated carbocycles. The Balaban J connectivity index is 2.65. The second-order valence-electron chi connectivity index (χ2n) is 3.24. The molecule has 1 aromatic rings. The van der Waals surface area contributed by atoms with Crippen LogP contribution < -0.4 is 11.1 Å². The Kier molecular flexibility index (Phi) is 4.57. The Hall–Kier alpha value is -0.580. The van der Waals surface area contributed by atoms with E-state index in [-0.39, 0.29) is 11.9 Å². The van der Waals surface area contributed by atoms with Gasteiger partial charge >= 0.3 is 0 Å². The van der Waals surface area contributed by atoms with E-state index in [1.807, 2.05) is 12.1 Å². The van der Waals surface area contributed by atoms with Crippen molar-refractivity contribution in [2.24, 2.45) is 5.73 Å². The number of rotatable bonds is 4. The van der Waals surface area contributed by atoms with Crippen LogP contribution in [-0.4, -0.2) is 11.9 Å². The fourth-order valence-electron chi connectivity index (χ4n) is 1.04. The molecule has 0 aliphatic carbocycles. The lowest BCUT2D eigenvalue weighted by atomic mass is 10.2. The third-order valence-electron chi connectivity index (χ3n) is 2.03. The first-order chi connectivity index (χ1) is 7.00. The Morgan fingerprint density at radius 1 is 1.67 bits per heavy atom. The van der Waals surface area contributed by atoms with Gasteiger partial charge in [-0.3, -0.25) is 4.79 Å². The van der Waals surface area contributed by atoms with Crippen LogP contribution in [0, 0.1) is 0 Å². The smallest absolute Gasteiger partial charge is 0.234 e. The summed E-state index contributed by atoms with van der Waals surface area (Å²) in [6.07, 6.45) is 0. The van der Waals surface area contributed by atoms with Gasteiger partial charge in [0.05, 0.1) is 6.04 Å². The standard InChI is InChI=1S/C10H12BrClN2O/c1-6(10(13)15)14-5-7-4-8(11)2-3-9(7)12/h2-4,6,14H,5H2,1H3,(H2,13,15)/t6-/m0/s1. The van der Waals surface area contributed by atoms with Gasteiger partial charge in [0, 0.05) is 16.0 Å². The highest BCUT2D eigenvalue weighted by atomic mass is 79.9. The summed E-state index contributed by atoms with van der Waals surface area (Å²) in [5.41, 5.74) is 6.05. The van der Waals surface area contributed by atoms with Crippen LogP contribution in [0.2, 0.25) is 5.02 Å². The fraction of sp³-hybridized carbons (Fsp3) is 0.300. The van der Waals surface area contributed by atoms with Crippen LogP contribution in [-0.2, 0) is 11.3 Å². The molecule has 82 valence electrons. The van der Waals surface area contributed by atoms with E-state index in [4.69, 9.17) is 17.3 Å². The molecule has 0 radical (unpaired) electrons. The van der Waals surface area contributed by atoms with Crippen LogP contribution in [0.25, 0.3) is 0 Å². The maximum Gasteiger partial charge on any atom is 0.234 e. The maximum atomic E-state index is 10.8. The van der Waals surface area contributed by atoms with Crippen LogP contribution >= 0.6 is 27.5 Å². The average Bonchev–Trinajstić information content (AvgIpc) is 2.18. The number of benzene rings is 1. The van der Waals surface area contributed by atoms with E-state index in [9.17, 15) is 4.79 Å². The normalized spacial score (nSPS) is 12.5. The Morgan fingerprint density at radius 2 is 2.33 bits per heavy atom. The summed E-state index contributed by atoms with van der Waals surface area (Å²) in [7, 11) is 0. The van der Waals surface area contributed by atoms with Gasteiger partial charge in [-0.1, -0.05) is 27.5 Å². The summed E-state index contributed by atoms with van der Waals surface area (Å²) < 4.78 is 0.954. The zero-order valence-electron chi connectivity index (χ0n) is 8.26. The summed E-state index contributed by atoms with van der Waals surface area (Å²) in [6.45, 7) is 2.23. The zero-order valence-corrected chi connectivity index (χ0v) is 10.6. The third kappa shape index (κ3) is 3.81. The summed E-state index contributed by atoms with van der Waals surface area (Å²) in [5.74, 6) is -0.374. The number of nitrogens with two attached hydrogens (primary N) is 1. The van der Waals surface area contributed by atoms with Crippen molar-refractivity contribution in [2.45, 2.75) is 19.5 Å². The molecule has 0 heterocycles. The predicted molar refractivity (Wildman–Crippen MR) is 64.6 cm³/mol. The van der Waals surface area contributed by atoms with Crippen LogP contribution in [0.3, 0.4) is 0 Å². The lowest BCUT2D eigenvalue weighted by Gasteiger charge is -2.11. The maximum absolute atomic E-state index is 10.8. The summed E-state index contributed by atoms with van der Waals surface area (Å²) in [6, 6.07) is 5.21. The van der Waals surface area contributed by atoms with E-state index >= 15 is 0 Å². The molecule has 0 saturated heterocycles. The van der Waals surface area contributed by atoms with Gasteiger partial charge in [-0.05, 0) is 30.7 Å². The number of hydrogen-bond donors (Lipinski definition) is 2. The lowest BCUT2D eigenvalue weighted by Crippen LogP contribution is -2.38. The topological polar surface area (TPSA) is 55.1 Å². The number of carbonyl (C=O) groups excluding carboxylic acids is 1. The number of hydrogen-bond acceptors (Lipinski definition) is 2. The molecule has 3 N–H and O–H groups in total. The van der Waals surface area contributed by atoms with E-state index in [2.05, 4.69) is 21.2 Å². The Bertz CT molecular complexity index is 370. The monoisotopic (exact) mass is 290 g/mol. The van der Waals surface area contributed by atoms with Gasteiger partial charge < -0.3 is 11.1 Å². The minimum Gasteiger partial charge on any atom is -0.368 e. The van der Waals surface area contributed by atoms with Crippen molar-refractivity contribution in [3.8, 4) is 0 Å². The summed E-state index contributed by atoms with van der Waals surface area (Å²) >= 11 is 9.34. The van der Waals surface area contributed by atoms with Crippen molar-refractivity contribution in [3.05, 3.63) is 33.3 Å². The molecule has 0 aromatic heterocycles. The molecule has 0 spiro atoms. The van der Waals surface area contributed by atoms with Gasteiger partial charge in [0.25, 0.3) is 0 Å². The average molecular weight is 292 g/mol. The predicted octanol–water partition coefficient (Wildman–Crippen LogP) is 2.07. The Morgan fingerprint density at radius 3 is 2.93 bits per heavy atom. The molecule has 15 heavy (non-hydrogen) atoms. The minimum absolute atomic E-state index is 0.361. The van der Waals surface area contributed by atoms with Gasteiger partial charge in [0.15, 0.2) is 0 Å². The second kappa shape index (κ2) is 5.49. The van der Waals surface area contributed by atoms with Crippen LogP contribution in [0.15, 0.2) is 22.7 Å². The van der Waals surface area contributed by atoms with E-state index in [1.54, 1.807) is 13.0 Å². The molecule has 0 bridgehead atoms. The second-order valence-corrected chi connectivity index (χ2v) is 4.56. The first-order valence-corrected chi connectivity index (χ1v) is 5.64. The molecule has 1 amide bonds. The van der Waals surface area contributed by atoms with Crippen molar-refractivity contribution in [3.63, 3.8) is 0 Å². The van der Waals surface area contributed by atoms with Crippen LogP contribution in [0.1, 0.15) is 12.5 Å². The van der Waals surface area contributed by atoms with Crippen molar-refractivity contribution < 1.29 is 4.79 Å². The zero-order chi connectivity index (χ0) is 11.4. The third-order valence-corrected chi connectivity index (χ3v) is 2.90. The van der Waals surface area contributed by atoms with E-state index in [0.29, 0.717) is 11.6 Å². The van der Waals surface area contributed by atoms with Gasteiger partial charge in [0.2, 0.25) is 5.91 Å². The summed E-state index contributed by atoms with van der Waals surface area (Å²) in [5, 5.41) is 3.66. The first kappa shape index (κ1) is 12.5. The first-order valence-electron chi connectivity index (χ1n) is 4.47. The quantitative estimate of drug-likeness (QED) is 0.892. The summed E-state index contributed by atoms with van der Waals surface area (Å²) in [4.78, 5) is 10.8. The van der Waals surface area contributed by atoms with Gasteiger partial charge in [-0.2, -0.15) is 0 Å². The van der Waals surface area contributed by atoms with Crippen molar-refractivity contribution in [2.75, 3.05) is 0 Å². The molecule has 3 nitrogen and oxygen atoms in total. The van der Waals surface area contributed by atoms with E-state index in [1.165, 1.54) is 0 Å². The number of halogens is 2. The number of primary amides is 1. The molecule has 1 aromatic carbocycles. The van der Waals surface area contributed by atoms with Gasteiger partial charge in [-0.15, -0.1) is 0 Å². The highest BCUT2D eigenvalue weighted by molar-refractivity contribution is 9.10.